The van der Waals surface area contributed by atoms with Crippen LogP contribution in [0.5, 0.6) is 0 Å². The lowest BCUT2D eigenvalue weighted by Crippen LogP contribution is -2.51. The molecule has 0 spiro atoms. The van der Waals surface area contributed by atoms with Crippen molar-refractivity contribution in [3.8, 4) is 0 Å². The molecule has 4 nitrogen and oxygen atoms in total. The minimum Gasteiger partial charge on any atom is -0.326 e. The van der Waals surface area contributed by atoms with Crippen molar-refractivity contribution >= 4 is 11.8 Å². The second kappa shape index (κ2) is 5.42. The molecule has 0 radical (unpaired) electrons. The number of nitrogens with two attached hydrogens (primary N) is 1. The molecule has 1 aromatic heterocycles. The molecule has 1 fully saturated rings. The summed E-state index contributed by atoms with van der Waals surface area (Å²) in [5, 5.41) is 4.37. The summed E-state index contributed by atoms with van der Waals surface area (Å²) in [7, 11) is 4.17. The van der Waals surface area contributed by atoms with Gasteiger partial charge in [-0.15, -0.1) is 0 Å². The largest absolute Gasteiger partial charge is 0.326 e. The predicted octanol–water partition coefficient (Wildman–Crippen LogP) is 0.646. The quantitative estimate of drug-likeness (QED) is 0.860. The summed E-state index contributed by atoms with van der Waals surface area (Å²) in [4.78, 5) is 2.39. The van der Waals surface area contributed by atoms with Crippen molar-refractivity contribution in [2.75, 3.05) is 25.1 Å². The first-order chi connectivity index (χ1) is 8.08. The van der Waals surface area contributed by atoms with Gasteiger partial charge in [-0.05, 0) is 20.0 Å². The van der Waals surface area contributed by atoms with Crippen molar-refractivity contribution in [1.82, 2.24) is 14.7 Å². The fraction of sp³-hybridized carbons (Fsp3) is 0.750. The number of aromatic nitrogens is 2. The fourth-order valence-electron chi connectivity index (χ4n) is 2.39. The van der Waals surface area contributed by atoms with Crippen molar-refractivity contribution in [3.05, 3.63) is 17.5 Å². The van der Waals surface area contributed by atoms with E-state index < -0.39 is 0 Å². The second-order valence-corrected chi connectivity index (χ2v) is 6.04. The highest BCUT2D eigenvalue weighted by Crippen LogP contribution is 2.18. The Morgan fingerprint density at radius 1 is 1.59 bits per heavy atom. The maximum Gasteiger partial charge on any atom is 0.0596 e. The van der Waals surface area contributed by atoms with Crippen molar-refractivity contribution in [2.45, 2.75) is 25.4 Å². The maximum atomic E-state index is 6.35. The van der Waals surface area contributed by atoms with Crippen LogP contribution in [0.4, 0.5) is 0 Å². The number of aryl methyl sites for hydroxylation is 2. The van der Waals surface area contributed by atoms with Gasteiger partial charge in [0, 0.05) is 49.3 Å². The molecule has 0 aliphatic carbocycles. The smallest absolute Gasteiger partial charge is 0.0596 e. The average molecular weight is 254 g/mol. The Hall–Kier alpha value is -0.520. The van der Waals surface area contributed by atoms with Crippen molar-refractivity contribution in [1.29, 1.82) is 0 Å². The Kier molecular flexibility index (Phi) is 4.12. The number of nitrogens with zero attached hydrogens (tertiary/aromatic N) is 3. The van der Waals surface area contributed by atoms with Gasteiger partial charge in [0.05, 0.1) is 5.69 Å². The molecular formula is C12H22N4S. The summed E-state index contributed by atoms with van der Waals surface area (Å²) in [5.74, 6) is 2.37. The molecule has 1 aliphatic heterocycles. The van der Waals surface area contributed by atoms with Gasteiger partial charge in [0.1, 0.15) is 0 Å². The molecule has 1 aromatic rings. The van der Waals surface area contributed by atoms with E-state index in [0.29, 0.717) is 6.04 Å². The standard InChI is InChI=1S/C12H22N4S/c1-9-6-10(16(3)14-9)7-11(13)12-8-17-5-4-15(12)2/h6,11-12H,4-5,7-8,13H2,1-3H3. The second-order valence-electron chi connectivity index (χ2n) is 4.89. The Bertz CT molecular complexity index is 377. The summed E-state index contributed by atoms with van der Waals surface area (Å²) in [6.45, 7) is 3.17. The normalized spacial score (nSPS) is 23.9. The Morgan fingerprint density at radius 2 is 2.35 bits per heavy atom. The van der Waals surface area contributed by atoms with Crippen LogP contribution in [0.15, 0.2) is 6.07 Å². The van der Waals surface area contributed by atoms with Crippen LogP contribution in [0.3, 0.4) is 0 Å². The minimum atomic E-state index is 0.197. The molecule has 96 valence electrons. The zero-order valence-electron chi connectivity index (χ0n) is 10.9. The third-order valence-corrected chi connectivity index (χ3v) is 4.53. The Labute approximate surface area is 108 Å². The minimum absolute atomic E-state index is 0.197. The maximum absolute atomic E-state index is 6.35. The van der Waals surface area contributed by atoms with Crippen LogP contribution in [0.25, 0.3) is 0 Å². The average Bonchev–Trinajstić information content (AvgIpc) is 2.58. The molecule has 1 aliphatic rings. The molecule has 2 N–H and O–H groups in total. The zero-order chi connectivity index (χ0) is 12.4. The lowest BCUT2D eigenvalue weighted by Gasteiger charge is -2.36. The summed E-state index contributed by atoms with van der Waals surface area (Å²) in [5.41, 5.74) is 8.66. The highest BCUT2D eigenvalue weighted by molar-refractivity contribution is 7.99. The van der Waals surface area contributed by atoms with E-state index in [1.54, 1.807) is 0 Å². The van der Waals surface area contributed by atoms with Gasteiger partial charge < -0.3 is 10.6 Å². The van der Waals surface area contributed by atoms with Crippen LogP contribution in [0.2, 0.25) is 0 Å². The number of hydrogen-bond donors (Lipinski definition) is 1. The summed E-state index contributed by atoms with van der Waals surface area (Å²) >= 11 is 2.01. The van der Waals surface area contributed by atoms with Crippen molar-refractivity contribution < 1.29 is 0 Å². The molecular weight excluding hydrogens is 232 g/mol. The van der Waals surface area contributed by atoms with Crippen LogP contribution < -0.4 is 5.73 Å². The first-order valence-corrected chi connectivity index (χ1v) is 7.26. The molecule has 17 heavy (non-hydrogen) atoms. The fourth-order valence-corrected chi connectivity index (χ4v) is 3.72. The Morgan fingerprint density at radius 3 is 2.94 bits per heavy atom. The highest BCUT2D eigenvalue weighted by atomic mass is 32.2. The first kappa shape index (κ1) is 12.9. The van der Waals surface area contributed by atoms with Gasteiger partial charge in [-0.25, -0.2) is 0 Å². The van der Waals surface area contributed by atoms with E-state index in [9.17, 15) is 0 Å². The van der Waals surface area contributed by atoms with Crippen molar-refractivity contribution in [2.24, 2.45) is 12.8 Å². The lowest BCUT2D eigenvalue weighted by molar-refractivity contribution is 0.234. The van der Waals surface area contributed by atoms with Gasteiger partial charge in [-0.2, -0.15) is 16.9 Å². The molecule has 2 heterocycles. The lowest BCUT2D eigenvalue weighted by atomic mass is 10.0. The van der Waals surface area contributed by atoms with Gasteiger partial charge in [0.2, 0.25) is 0 Å². The van der Waals surface area contributed by atoms with E-state index in [-0.39, 0.29) is 6.04 Å². The molecule has 0 aromatic carbocycles. The number of hydrogen-bond acceptors (Lipinski definition) is 4. The monoisotopic (exact) mass is 254 g/mol. The number of thioether (sulfide) groups is 1. The van der Waals surface area contributed by atoms with Gasteiger partial charge >= 0.3 is 0 Å². The van der Waals surface area contributed by atoms with E-state index >= 15 is 0 Å². The van der Waals surface area contributed by atoms with E-state index in [2.05, 4.69) is 23.1 Å². The highest BCUT2D eigenvalue weighted by Gasteiger charge is 2.26. The number of likely N-dealkylation sites (N-methyl/N-ethyl adjacent to an activating group) is 1. The van der Waals surface area contributed by atoms with E-state index in [1.165, 1.54) is 11.4 Å². The van der Waals surface area contributed by atoms with Crippen LogP contribution in [-0.4, -0.2) is 51.9 Å². The molecule has 0 bridgehead atoms. The van der Waals surface area contributed by atoms with Gasteiger partial charge in [0.25, 0.3) is 0 Å². The van der Waals surface area contributed by atoms with Gasteiger partial charge in [0.15, 0.2) is 0 Å². The third kappa shape index (κ3) is 3.03. The molecule has 0 saturated carbocycles. The predicted molar refractivity (Wildman–Crippen MR) is 73.4 cm³/mol. The molecule has 1 saturated heterocycles. The van der Waals surface area contributed by atoms with Crippen LogP contribution in [0, 0.1) is 6.92 Å². The van der Waals surface area contributed by atoms with Crippen LogP contribution in [0.1, 0.15) is 11.4 Å². The Balaban J connectivity index is 2.00. The summed E-state index contributed by atoms with van der Waals surface area (Å²) in [6.07, 6.45) is 0.910. The summed E-state index contributed by atoms with van der Waals surface area (Å²) < 4.78 is 1.95. The molecule has 5 heteroatoms. The summed E-state index contributed by atoms with van der Waals surface area (Å²) in [6, 6.07) is 2.82. The molecule has 0 amide bonds. The topological polar surface area (TPSA) is 47.1 Å². The molecule has 2 atom stereocenters. The van der Waals surface area contributed by atoms with Crippen LogP contribution in [-0.2, 0) is 13.5 Å². The first-order valence-electron chi connectivity index (χ1n) is 6.11. The van der Waals surface area contributed by atoms with E-state index in [0.717, 1.165) is 24.4 Å². The van der Waals surface area contributed by atoms with E-state index in [4.69, 9.17) is 5.73 Å². The molecule has 2 unspecified atom stereocenters. The van der Waals surface area contributed by atoms with Gasteiger partial charge in [-0.1, -0.05) is 0 Å². The van der Waals surface area contributed by atoms with Crippen LogP contribution >= 0.6 is 11.8 Å². The van der Waals surface area contributed by atoms with Gasteiger partial charge in [-0.3, -0.25) is 4.68 Å². The zero-order valence-corrected chi connectivity index (χ0v) is 11.7. The third-order valence-electron chi connectivity index (χ3n) is 3.48. The van der Waals surface area contributed by atoms with Crippen molar-refractivity contribution in [3.63, 3.8) is 0 Å². The van der Waals surface area contributed by atoms with E-state index in [1.807, 2.05) is 30.4 Å². The number of rotatable bonds is 3. The SMILES string of the molecule is Cc1cc(CC(N)C2CSCCN2C)n(C)n1. The molecule has 2 rings (SSSR count).